The first-order valence-electron chi connectivity index (χ1n) is 16.7. The Labute approximate surface area is 281 Å². The van der Waals surface area contributed by atoms with Gasteiger partial charge in [0, 0.05) is 0 Å². The third-order valence-corrected chi connectivity index (χ3v) is 10.1. The summed E-state index contributed by atoms with van der Waals surface area (Å²) in [5, 5.41) is 0. The molecule has 10 rings (SSSR count). The second-order valence-corrected chi connectivity index (χ2v) is 12.8. The van der Waals surface area contributed by atoms with E-state index in [1.165, 1.54) is 100 Å². The van der Waals surface area contributed by atoms with Crippen LogP contribution in [0.25, 0.3) is 68.3 Å². The fourth-order valence-corrected chi connectivity index (χ4v) is 8.18. The lowest BCUT2D eigenvalue weighted by Crippen LogP contribution is -1.97. The highest BCUT2D eigenvalue weighted by molar-refractivity contribution is 6.26. The van der Waals surface area contributed by atoms with Crippen molar-refractivity contribution in [3.05, 3.63) is 214 Å². The van der Waals surface area contributed by atoms with Gasteiger partial charge in [0.1, 0.15) is 0 Å². The molecule has 0 aliphatic heterocycles. The molecular weight excluding hydrogens is 577 g/mol. The predicted octanol–water partition coefficient (Wildman–Crippen LogP) is 12.4. The molecule has 0 saturated heterocycles. The van der Waals surface area contributed by atoms with E-state index < -0.39 is 0 Å². The van der Waals surface area contributed by atoms with Gasteiger partial charge in [-0.15, -0.1) is 0 Å². The van der Waals surface area contributed by atoms with Crippen LogP contribution in [-0.4, -0.2) is 0 Å². The minimum atomic E-state index is 1.21. The lowest BCUT2D eigenvalue weighted by molar-refractivity contribution is 1.58. The molecule has 48 heavy (non-hydrogen) atoms. The normalized spacial score (nSPS) is 15.6. The topological polar surface area (TPSA) is 0 Å². The molecule has 0 unspecified atom stereocenters. The smallest absolute Gasteiger partial charge is 0.000697 e. The van der Waals surface area contributed by atoms with Crippen LogP contribution in [0.2, 0.25) is 0 Å². The quantitative estimate of drug-likeness (QED) is 0.188. The van der Waals surface area contributed by atoms with Crippen molar-refractivity contribution in [3.63, 3.8) is 0 Å². The second-order valence-electron chi connectivity index (χ2n) is 12.8. The number of benzene rings is 7. The molecule has 7 aromatic rings. The number of rotatable bonds is 3. The van der Waals surface area contributed by atoms with Gasteiger partial charge in [-0.1, -0.05) is 164 Å². The highest BCUT2D eigenvalue weighted by Crippen LogP contribution is 2.64. The Hall–Kier alpha value is -6.24. The molecule has 0 saturated carbocycles. The van der Waals surface area contributed by atoms with Gasteiger partial charge in [0.2, 0.25) is 0 Å². The molecule has 0 heterocycles. The van der Waals surface area contributed by atoms with Gasteiger partial charge in [0.05, 0.1) is 0 Å². The lowest BCUT2D eigenvalue weighted by atomic mass is 9.83. The summed E-state index contributed by atoms with van der Waals surface area (Å²) in [5.74, 6) is 0. The number of hydrogen-bond acceptors (Lipinski definition) is 0. The molecule has 3 aliphatic rings. The summed E-state index contributed by atoms with van der Waals surface area (Å²) >= 11 is 0. The van der Waals surface area contributed by atoms with Crippen molar-refractivity contribution in [2.45, 2.75) is 0 Å². The van der Waals surface area contributed by atoms with Crippen molar-refractivity contribution in [1.29, 1.82) is 0 Å². The Morgan fingerprint density at radius 2 is 0.438 bits per heavy atom. The largest absolute Gasteiger partial charge is 0.0622 e. The van der Waals surface area contributed by atoms with Crippen LogP contribution in [0.4, 0.5) is 0 Å². The Morgan fingerprint density at radius 1 is 0.208 bits per heavy atom. The van der Waals surface area contributed by atoms with Crippen molar-refractivity contribution in [2.75, 3.05) is 0 Å². The monoisotopic (exact) mass is 606 g/mol. The molecule has 0 bridgehead atoms. The average molecular weight is 607 g/mol. The van der Waals surface area contributed by atoms with Gasteiger partial charge < -0.3 is 0 Å². The maximum absolute atomic E-state index is 2.40. The summed E-state index contributed by atoms with van der Waals surface area (Å²) in [6, 6.07) is 59.5. The highest BCUT2D eigenvalue weighted by atomic mass is 14.4. The van der Waals surface area contributed by atoms with Crippen molar-refractivity contribution in [2.24, 2.45) is 0 Å². The first-order chi connectivity index (χ1) is 23.8. The van der Waals surface area contributed by atoms with Crippen LogP contribution in [0.1, 0.15) is 50.1 Å². The molecule has 0 heteroatoms. The first kappa shape index (κ1) is 26.9. The molecule has 0 atom stereocenters. The maximum atomic E-state index is 2.40. The molecule has 0 nitrogen and oxygen atoms in total. The van der Waals surface area contributed by atoms with Crippen molar-refractivity contribution in [3.8, 4) is 33.4 Å². The Morgan fingerprint density at radius 3 is 0.708 bits per heavy atom. The zero-order valence-electron chi connectivity index (χ0n) is 26.3. The van der Waals surface area contributed by atoms with Crippen LogP contribution >= 0.6 is 0 Å². The van der Waals surface area contributed by atoms with Crippen molar-refractivity contribution in [1.82, 2.24) is 0 Å². The lowest BCUT2D eigenvalue weighted by Gasteiger charge is -2.19. The van der Waals surface area contributed by atoms with Gasteiger partial charge in [-0.3, -0.25) is 0 Å². The summed E-state index contributed by atoms with van der Waals surface area (Å²) in [5.41, 5.74) is 23.3. The molecule has 0 amide bonds. The van der Waals surface area contributed by atoms with Gasteiger partial charge >= 0.3 is 0 Å². The fraction of sp³-hybridized carbons (Fsp3) is 0. The van der Waals surface area contributed by atoms with E-state index in [0.717, 1.165) is 0 Å². The van der Waals surface area contributed by atoms with Gasteiger partial charge in [-0.25, -0.2) is 0 Å². The zero-order valence-corrected chi connectivity index (χ0v) is 26.3. The van der Waals surface area contributed by atoms with E-state index in [4.69, 9.17) is 0 Å². The number of fused-ring (bicyclic) bond motifs is 12. The van der Waals surface area contributed by atoms with Crippen LogP contribution in [0, 0.1) is 0 Å². The Bertz CT molecular complexity index is 2200. The molecule has 0 aromatic heterocycles. The van der Waals surface area contributed by atoms with Gasteiger partial charge in [0.15, 0.2) is 0 Å². The minimum absolute atomic E-state index is 1.21. The van der Waals surface area contributed by atoms with Gasteiger partial charge in [0.25, 0.3) is 0 Å². The molecule has 222 valence electrons. The van der Waals surface area contributed by atoms with E-state index in [-0.39, 0.29) is 0 Å². The standard InChI is InChI=1S/C48H30/c1-4-16-31(17-5-1)28-40-34-22-10-13-25-37(34)43-46(40)44-38-26-14-11-23-35(38)41(29-32-18-6-2-7-19-32)48(44)45-39-27-15-12-24-36(39)42(47(43)45)30-33-20-8-3-9-21-33/h1-30H. The summed E-state index contributed by atoms with van der Waals surface area (Å²) in [6.07, 6.45) is 7.21. The minimum Gasteiger partial charge on any atom is -0.0622 e. The summed E-state index contributed by atoms with van der Waals surface area (Å²) in [6.45, 7) is 0. The summed E-state index contributed by atoms with van der Waals surface area (Å²) in [7, 11) is 0. The molecular formula is C48H30. The predicted molar refractivity (Wildman–Crippen MR) is 203 cm³/mol. The molecule has 0 N–H and O–H groups in total. The maximum Gasteiger partial charge on any atom is -0.000697 e. The zero-order chi connectivity index (χ0) is 31.6. The number of hydrogen-bond donors (Lipinski definition) is 0. The first-order valence-corrected chi connectivity index (χ1v) is 16.7. The summed E-state index contributed by atoms with van der Waals surface area (Å²) < 4.78 is 0. The molecule has 7 aromatic carbocycles. The highest BCUT2D eigenvalue weighted by Gasteiger charge is 2.42. The molecule has 0 fully saturated rings. The molecule has 3 aliphatic carbocycles. The third-order valence-electron chi connectivity index (χ3n) is 10.1. The molecule has 0 radical (unpaired) electrons. The van der Waals surface area contributed by atoms with Crippen LogP contribution < -0.4 is 0 Å². The molecule has 0 spiro atoms. The van der Waals surface area contributed by atoms with Gasteiger partial charge in [-0.05, 0) is 118 Å². The van der Waals surface area contributed by atoms with E-state index in [9.17, 15) is 0 Å². The van der Waals surface area contributed by atoms with E-state index in [2.05, 4.69) is 182 Å². The van der Waals surface area contributed by atoms with E-state index in [1.807, 2.05) is 0 Å². The average Bonchev–Trinajstić information content (AvgIpc) is 3.76. The summed E-state index contributed by atoms with van der Waals surface area (Å²) in [4.78, 5) is 0. The Kier molecular flexibility index (Phi) is 5.98. The van der Waals surface area contributed by atoms with Crippen molar-refractivity contribution >= 4 is 34.9 Å². The van der Waals surface area contributed by atoms with Crippen LogP contribution in [0.15, 0.2) is 164 Å². The third kappa shape index (κ3) is 3.96. The van der Waals surface area contributed by atoms with E-state index >= 15 is 0 Å². The van der Waals surface area contributed by atoms with Gasteiger partial charge in [-0.2, -0.15) is 0 Å². The van der Waals surface area contributed by atoms with E-state index in [0.29, 0.717) is 0 Å². The van der Waals surface area contributed by atoms with Crippen LogP contribution in [-0.2, 0) is 0 Å². The van der Waals surface area contributed by atoms with Crippen molar-refractivity contribution < 1.29 is 0 Å². The van der Waals surface area contributed by atoms with Crippen LogP contribution in [0.5, 0.6) is 0 Å². The second kappa shape index (κ2) is 10.7. The van der Waals surface area contributed by atoms with Crippen LogP contribution in [0.3, 0.4) is 0 Å². The fourth-order valence-electron chi connectivity index (χ4n) is 8.18. The Balaban J connectivity index is 1.42. The van der Waals surface area contributed by atoms with E-state index in [1.54, 1.807) is 0 Å². The SMILES string of the molecule is C(=C1c2ccccc2-c2c1c1c(c3c2C(=Cc2ccccc2)c2ccccc2-3)C(=Cc2ccccc2)c2ccccc2-1)c1ccccc1.